The van der Waals surface area contributed by atoms with Crippen molar-refractivity contribution >= 4 is 15.9 Å². The van der Waals surface area contributed by atoms with E-state index in [1.54, 1.807) is 0 Å². The maximum absolute atomic E-state index is 5.74. The topological polar surface area (TPSA) is 34.4 Å². The first-order chi connectivity index (χ1) is 7.22. The third kappa shape index (κ3) is 2.27. The van der Waals surface area contributed by atoms with Crippen molar-refractivity contribution < 1.29 is 9.15 Å². The number of furan rings is 1. The first-order valence-electron chi connectivity index (χ1n) is 5.26. The molecule has 3 atom stereocenters. The summed E-state index contributed by atoms with van der Waals surface area (Å²) >= 11 is 3.32. The van der Waals surface area contributed by atoms with Gasteiger partial charge in [-0.1, -0.05) is 6.92 Å². The summed E-state index contributed by atoms with van der Waals surface area (Å²) in [5.74, 6) is 1.51. The minimum Gasteiger partial charge on any atom is -0.453 e. The predicted molar refractivity (Wildman–Crippen MR) is 61.7 cm³/mol. The standard InChI is InChI=1S/C11H16BrNO2/c1-7-5-6-14-11(7)10(13-2)8-3-4-9(12)15-8/h3-4,7,10-11,13H,5-6H2,1-2H3. The van der Waals surface area contributed by atoms with Crippen LogP contribution in [-0.4, -0.2) is 19.8 Å². The molecule has 0 amide bonds. The quantitative estimate of drug-likeness (QED) is 0.920. The fourth-order valence-electron chi connectivity index (χ4n) is 2.11. The van der Waals surface area contributed by atoms with Crippen molar-refractivity contribution in [3.8, 4) is 0 Å². The SMILES string of the molecule is CNC(c1ccc(Br)o1)C1OCCC1C. The summed E-state index contributed by atoms with van der Waals surface area (Å²) in [6, 6.07) is 4.05. The fourth-order valence-corrected chi connectivity index (χ4v) is 2.43. The van der Waals surface area contributed by atoms with Crippen molar-refractivity contribution in [1.29, 1.82) is 0 Å². The second-order valence-corrected chi connectivity index (χ2v) is 4.79. The Bertz CT molecular complexity index is 326. The highest BCUT2D eigenvalue weighted by Crippen LogP contribution is 2.32. The molecule has 0 bridgehead atoms. The van der Waals surface area contributed by atoms with Gasteiger partial charge in [0.05, 0.1) is 12.1 Å². The monoisotopic (exact) mass is 273 g/mol. The molecule has 2 heterocycles. The van der Waals surface area contributed by atoms with E-state index in [9.17, 15) is 0 Å². The van der Waals surface area contributed by atoms with Crippen molar-refractivity contribution in [2.45, 2.75) is 25.5 Å². The zero-order valence-electron chi connectivity index (χ0n) is 9.00. The van der Waals surface area contributed by atoms with Gasteiger partial charge in [-0.3, -0.25) is 0 Å². The van der Waals surface area contributed by atoms with Crippen LogP contribution in [0.25, 0.3) is 0 Å². The molecule has 0 radical (unpaired) electrons. The van der Waals surface area contributed by atoms with Crippen molar-refractivity contribution in [3.63, 3.8) is 0 Å². The molecule has 1 aliphatic heterocycles. The van der Waals surface area contributed by atoms with E-state index >= 15 is 0 Å². The lowest BCUT2D eigenvalue weighted by Crippen LogP contribution is -2.32. The summed E-state index contributed by atoms with van der Waals surface area (Å²) in [6.07, 6.45) is 1.35. The summed E-state index contributed by atoms with van der Waals surface area (Å²) in [5, 5.41) is 3.26. The Morgan fingerprint density at radius 1 is 1.53 bits per heavy atom. The molecule has 0 aromatic carbocycles. The van der Waals surface area contributed by atoms with Gasteiger partial charge in [0.25, 0.3) is 0 Å². The number of rotatable bonds is 3. The third-order valence-corrected chi connectivity index (χ3v) is 3.41. The van der Waals surface area contributed by atoms with Crippen molar-refractivity contribution in [3.05, 3.63) is 22.6 Å². The van der Waals surface area contributed by atoms with Crippen LogP contribution in [0.3, 0.4) is 0 Å². The molecule has 4 heteroatoms. The van der Waals surface area contributed by atoms with Gasteiger partial charge in [0.2, 0.25) is 0 Å². The Balaban J connectivity index is 2.16. The molecule has 1 saturated heterocycles. The van der Waals surface area contributed by atoms with Crippen LogP contribution in [0.2, 0.25) is 0 Å². The van der Waals surface area contributed by atoms with E-state index in [-0.39, 0.29) is 12.1 Å². The van der Waals surface area contributed by atoms with Gasteiger partial charge in [0.1, 0.15) is 5.76 Å². The molecule has 3 unspecified atom stereocenters. The van der Waals surface area contributed by atoms with E-state index in [1.807, 2.05) is 19.2 Å². The van der Waals surface area contributed by atoms with Gasteiger partial charge in [-0.25, -0.2) is 0 Å². The van der Waals surface area contributed by atoms with E-state index in [0.717, 1.165) is 23.5 Å². The predicted octanol–water partition coefficient (Wildman–Crippen LogP) is 2.73. The molecule has 1 fully saturated rings. The first kappa shape index (κ1) is 11.2. The number of nitrogens with one attached hydrogen (secondary N) is 1. The Hall–Kier alpha value is -0.320. The smallest absolute Gasteiger partial charge is 0.169 e. The number of ether oxygens (including phenoxy) is 1. The van der Waals surface area contributed by atoms with E-state index in [1.165, 1.54) is 0 Å². The van der Waals surface area contributed by atoms with E-state index in [4.69, 9.17) is 9.15 Å². The lowest BCUT2D eigenvalue weighted by atomic mass is 9.96. The molecule has 1 aromatic rings. The van der Waals surface area contributed by atoms with Gasteiger partial charge in [0, 0.05) is 6.61 Å². The van der Waals surface area contributed by atoms with Crippen LogP contribution in [0.5, 0.6) is 0 Å². The van der Waals surface area contributed by atoms with Crippen molar-refractivity contribution in [1.82, 2.24) is 5.32 Å². The van der Waals surface area contributed by atoms with Crippen molar-refractivity contribution in [2.24, 2.45) is 5.92 Å². The molecule has 3 nitrogen and oxygen atoms in total. The summed E-state index contributed by atoms with van der Waals surface area (Å²) < 4.78 is 12.1. The Morgan fingerprint density at radius 3 is 2.80 bits per heavy atom. The molecule has 84 valence electrons. The zero-order valence-corrected chi connectivity index (χ0v) is 10.6. The summed E-state index contributed by atoms with van der Waals surface area (Å²) in [5.41, 5.74) is 0. The van der Waals surface area contributed by atoms with Gasteiger partial charge >= 0.3 is 0 Å². The van der Waals surface area contributed by atoms with Crippen molar-refractivity contribution in [2.75, 3.05) is 13.7 Å². The van der Waals surface area contributed by atoms with Gasteiger partial charge < -0.3 is 14.5 Å². The number of likely N-dealkylation sites (N-methyl/N-ethyl adjacent to an activating group) is 1. The molecule has 0 aliphatic carbocycles. The van der Waals surface area contributed by atoms with Crippen LogP contribution in [-0.2, 0) is 4.74 Å². The van der Waals surface area contributed by atoms with Gasteiger partial charge in [-0.15, -0.1) is 0 Å². The summed E-state index contributed by atoms with van der Waals surface area (Å²) in [7, 11) is 1.94. The van der Waals surface area contributed by atoms with Gasteiger partial charge in [-0.2, -0.15) is 0 Å². The zero-order chi connectivity index (χ0) is 10.8. The molecular weight excluding hydrogens is 258 g/mol. The highest BCUT2D eigenvalue weighted by atomic mass is 79.9. The molecule has 2 rings (SSSR count). The molecule has 1 aliphatic rings. The van der Waals surface area contributed by atoms with Gasteiger partial charge in [0.15, 0.2) is 4.67 Å². The van der Waals surface area contributed by atoms with Crippen LogP contribution < -0.4 is 5.32 Å². The molecule has 0 saturated carbocycles. The Morgan fingerprint density at radius 2 is 2.33 bits per heavy atom. The normalized spacial score (nSPS) is 28.2. The highest BCUT2D eigenvalue weighted by Gasteiger charge is 2.33. The van der Waals surface area contributed by atoms with E-state index in [2.05, 4.69) is 28.2 Å². The van der Waals surface area contributed by atoms with Crippen LogP contribution in [0, 0.1) is 5.92 Å². The average molecular weight is 274 g/mol. The molecule has 0 spiro atoms. The number of hydrogen-bond acceptors (Lipinski definition) is 3. The molecule has 1 aromatic heterocycles. The third-order valence-electron chi connectivity index (χ3n) is 2.98. The highest BCUT2D eigenvalue weighted by molar-refractivity contribution is 9.10. The van der Waals surface area contributed by atoms with Crippen LogP contribution in [0.15, 0.2) is 21.2 Å². The second-order valence-electron chi connectivity index (χ2n) is 4.01. The van der Waals surface area contributed by atoms with E-state index in [0.29, 0.717) is 5.92 Å². The maximum atomic E-state index is 5.74. The second kappa shape index (κ2) is 4.68. The van der Waals surface area contributed by atoms with Crippen LogP contribution in [0.1, 0.15) is 25.1 Å². The summed E-state index contributed by atoms with van der Waals surface area (Å²) in [4.78, 5) is 0. The van der Waals surface area contributed by atoms with Gasteiger partial charge in [-0.05, 0) is 47.4 Å². The minimum absolute atomic E-state index is 0.147. The largest absolute Gasteiger partial charge is 0.453 e. The lowest BCUT2D eigenvalue weighted by molar-refractivity contribution is 0.0561. The number of halogens is 1. The average Bonchev–Trinajstić information content (AvgIpc) is 2.79. The molecule has 15 heavy (non-hydrogen) atoms. The number of hydrogen-bond donors (Lipinski definition) is 1. The maximum Gasteiger partial charge on any atom is 0.169 e. The van der Waals surface area contributed by atoms with Crippen LogP contribution in [0.4, 0.5) is 0 Å². The first-order valence-corrected chi connectivity index (χ1v) is 6.05. The Kier molecular flexibility index (Phi) is 3.49. The fraction of sp³-hybridized carbons (Fsp3) is 0.636. The molecule has 1 N–H and O–H groups in total. The Labute approximate surface area is 98.3 Å². The lowest BCUT2D eigenvalue weighted by Gasteiger charge is -2.23. The summed E-state index contributed by atoms with van der Waals surface area (Å²) in [6.45, 7) is 3.08. The van der Waals surface area contributed by atoms with E-state index < -0.39 is 0 Å². The molecular formula is C11H16BrNO2. The van der Waals surface area contributed by atoms with Crippen LogP contribution >= 0.6 is 15.9 Å². The minimum atomic E-state index is 0.147.